The Balaban J connectivity index is 1.74. The van der Waals surface area contributed by atoms with Crippen LogP contribution in [0.2, 0.25) is 5.02 Å². The molecule has 0 saturated carbocycles. The Morgan fingerprint density at radius 2 is 1.80 bits per heavy atom. The first-order valence-electron chi connectivity index (χ1n) is 7.55. The second kappa shape index (κ2) is 7.11. The molecule has 1 heterocycles. The lowest BCUT2D eigenvalue weighted by atomic mass is 10.1. The molecule has 130 valence electrons. The van der Waals surface area contributed by atoms with E-state index in [1.54, 1.807) is 0 Å². The maximum atomic E-state index is 12.9. The number of rotatable bonds is 4. The van der Waals surface area contributed by atoms with Crippen molar-refractivity contribution in [1.82, 2.24) is 0 Å². The highest BCUT2D eigenvalue weighted by atomic mass is 35.5. The second-order valence-corrected chi connectivity index (χ2v) is 5.81. The zero-order valence-corrected chi connectivity index (χ0v) is 14.0. The van der Waals surface area contributed by atoms with Crippen molar-refractivity contribution in [2.75, 3.05) is 13.2 Å². The van der Waals surface area contributed by atoms with E-state index in [9.17, 15) is 14.0 Å². The smallest absolute Gasteiger partial charge is 0.339 e. The molecule has 0 bridgehead atoms. The zero-order chi connectivity index (χ0) is 18.0. The van der Waals surface area contributed by atoms with E-state index in [1.807, 2.05) is 0 Å². The van der Waals surface area contributed by atoms with Crippen LogP contribution in [-0.4, -0.2) is 31.1 Å². The normalized spacial score (nSPS) is 13.9. The number of ether oxygens (including phenoxy) is 3. The lowest BCUT2D eigenvalue weighted by Crippen LogP contribution is -2.24. The molecule has 2 aromatic carbocycles. The van der Waals surface area contributed by atoms with Crippen molar-refractivity contribution in [1.29, 1.82) is 0 Å². The van der Waals surface area contributed by atoms with Crippen molar-refractivity contribution in [2.45, 2.75) is 13.0 Å². The van der Waals surface area contributed by atoms with Gasteiger partial charge < -0.3 is 14.2 Å². The SMILES string of the molecule is C[C@H](OC(=O)c1cc(Cl)c2c(c1)OCCO2)C(=O)c1ccc(F)cc1. The lowest BCUT2D eigenvalue weighted by Gasteiger charge is -2.20. The molecular formula is C18H14ClFO5. The van der Waals surface area contributed by atoms with Crippen LogP contribution >= 0.6 is 11.6 Å². The Morgan fingerprint density at radius 3 is 2.52 bits per heavy atom. The van der Waals surface area contributed by atoms with Crippen LogP contribution in [0, 0.1) is 5.82 Å². The van der Waals surface area contributed by atoms with Gasteiger partial charge in [0.15, 0.2) is 17.6 Å². The summed E-state index contributed by atoms with van der Waals surface area (Å²) in [5, 5.41) is 0.224. The summed E-state index contributed by atoms with van der Waals surface area (Å²) in [6, 6.07) is 7.86. The van der Waals surface area contributed by atoms with E-state index in [0.717, 1.165) is 0 Å². The van der Waals surface area contributed by atoms with Crippen LogP contribution in [0.4, 0.5) is 4.39 Å². The summed E-state index contributed by atoms with van der Waals surface area (Å²) in [6.45, 7) is 2.17. The molecule has 1 aliphatic heterocycles. The van der Waals surface area contributed by atoms with Gasteiger partial charge in [0.25, 0.3) is 0 Å². The number of esters is 1. The minimum Gasteiger partial charge on any atom is -0.486 e. The number of hydrogen-bond acceptors (Lipinski definition) is 5. The molecule has 25 heavy (non-hydrogen) atoms. The molecule has 0 aromatic heterocycles. The number of carbonyl (C=O) groups excluding carboxylic acids is 2. The Kier molecular flexibility index (Phi) is 4.90. The van der Waals surface area contributed by atoms with Crippen LogP contribution in [0.15, 0.2) is 36.4 Å². The van der Waals surface area contributed by atoms with Gasteiger partial charge in [-0.1, -0.05) is 11.6 Å². The second-order valence-electron chi connectivity index (χ2n) is 5.40. The van der Waals surface area contributed by atoms with Gasteiger partial charge in [0, 0.05) is 5.56 Å². The molecule has 2 aromatic rings. The number of Topliss-reactive ketones (excluding diaryl/α,β-unsaturated/α-hetero) is 1. The third-order valence-corrected chi connectivity index (χ3v) is 3.90. The van der Waals surface area contributed by atoms with E-state index in [1.165, 1.54) is 43.3 Å². The lowest BCUT2D eigenvalue weighted by molar-refractivity contribution is 0.0318. The van der Waals surface area contributed by atoms with Crippen molar-refractivity contribution in [3.63, 3.8) is 0 Å². The number of ketones is 1. The minimum absolute atomic E-state index is 0.146. The summed E-state index contributed by atoms with van der Waals surface area (Å²) >= 11 is 6.09. The Labute approximate surface area is 148 Å². The van der Waals surface area contributed by atoms with Gasteiger partial charge >= 0.3 is 5.97 Å². The van der Waals surface area contributed by atoms with Gasteiger partial charge in [-0.2, -0.15) is 0 Å². The molecule has 0 aliphatic carbocycles. The van der Waals surface area contributed by atoms with Crippen molar-refractivity contribution < 1.29 is 28.2 Å². The third-order valence-electron chi connectivity index (χ3n) is 3.61. The first kappa shape index (κ1) is 17.2. The molecule has 1 atom stereocenters. The maximum Gasteiger partial charge on any atom is 0.339 e. The summed E-state index contributed by atoms with van der Waals surface area (Å²) in [5.41, 5.74) is 0.398. The van der Waals surface area contributed by atoms with Crippen LogP contribution in [-0.2, 0) is 4.74 Å². The summed E-state index contributed by atoms with van der Waals surface area (Å²) in [4.78, 5) is 24.5. The predicted octanol–water partition coefficient (Wildman–Crippen LogP) is 3.68. The summed E-state index contributed by atoms with van der Waals surface area (Å²) in [7, 11) is 0. The first-order chi connectivity index (χ1) is 12.0. The largest absolute Gasteiger partial charge is 0.486 e. The van der Waals surface area contributed by atoms with E-state index in [4.69, 9.17) is 25.8 Å². The highest BCUT2D eigenvalue weighted by Gasteiger charge is 2.24. The average molecular weight is 365 g/mol. The molecule has 1 aliphatic rings. The average Bonchev–Trinajstić information content (AvgIpc) is 2.61. The molecule has 5 nitrogen and oxygen atoms in total. The van der Waals surface area contributed by atoms with Gasteiger partial charge in [-0.25, -0.2) is 9.18 Å². The first-order valence-corrected chi connectivity index (χ1v) is 7.93. The van der Waals surface area contributed by atoms with Crippen molar-refractivity contribution in [3.8, 4) is 11.5 Å². The number of halogens is 2. The Morgan fingerprint density at radius 1 is 1.12 bits per heavy atom. The molecule has 0 N–H and O–H groups in total. The van der Waals surface area contributed by atoms with Crippen LogP contribution in [0.3, 0.4) is 0 Å². The van der Waals surface area contributed by atoms with E-state index in [0.29, 0.717) is 24.7 Å². The monoisotopic (exact) mass is 364 g/mol. The van der Waals surface area contributed by atoms with Crippen molar-refractivity contribution in [3.05, 3.63) is 58.4 Å². The number of benzene rings is 2. The van der Waals surface area contributed by atoms with E-state index >= 15 is 0 Å². The van der Waals surface area contributed by atoms with Crippen LogP contribution in [0.25, 0.3) is 0 Å². The van der Waals surface area contributed by atoms with Gasteiger partial charge in [-0.15, -0.1) is 0 Å². The van der Waals surface area contributed by atoms with E-state index < -0.39 is 23.7 Å². The van der Waals surface area contributed by atoms with E-state index in [2.05, 4.69) is 0 Å². The fraction of sp³-hybridized carbons (Fsp3) is 0.222. The maximum absolute atomic E-state index is 12.9. The molecule has 0 unspecified atom stereocenters. The van der Waals surface area contributed by atoms with Crippen molar-refractivity contribution in [2.24, 2.45) is 0 Å². The molecule has 3 rings (SSSR count). The van der Waals surface area contributed by atoms with Gasteiger partial charge in [0.05, 0.1) is 10.6 Å². The van der Waals surface area contributed by atoms with Gasteiger partial charge in [0.1, 0.15) is 19.0 Å². The standard InChI is InChI=1S/C18H14ClFO5/c1-10(16(21)11-2-4-13(20)5-3-11)25-18(22)12-8-14(19)17-15(9-12)23-6-7-24-17/h2-5,8-10H,6-7H2,1H3/t10-/m0/s1. The molecule has 7 heteroatoms. The molecule has 0 amide bonds. The van der Waals surface area contributed by atoms with Gasteiger partial charge in [-0.3, -0.25) is 4.79 Å². The van der Waals surface area contributed by atoms with Crippen LogP contribution in [0.1, 0.15) is 27.6 Å². The number of hydrogen-bond donors (Lipinski definition) is 0. The Bertz CT molecular complexity index is 819. The summed E-state index contributed by atoms with van der Waals surface area (Å²) < 4.78 is 28.9. The predicted molar refractivity (Wildman–Crippen MR) is 88.1 cm³/mol. The fourth-order valence-electron chi connectivity index (χ4n) is 2.36. The molecule has 0 fully saturated rings. The third kappa shape index (κ3) is 3.74. The number of fused-ring (bicyclic) bond motifs is 1. The minimum atomic E-state index is -1.04. The molecule has 0 saturated heterocycles. The van der Waals surface area contributed by atoms with E-state index in [-0.39, 0.29) is 16.1 Å². The quantitative estimate of drug-likeness (QED) is 0.611. The zero-order valence-electron chi connectivity index (χ0n) is 13.3. The summed E-state index contributed by atoms with van der Waals surface area (Å²) in [6.07, 6.45) is -1.04. The molecule has 0 spiro atoms. The summed E-state index contributed by atoms with van der Waals surface area (Å²) in [5.74, 6) is -0.880. The molecular weight excluding hydrogens is 351 g/mol. The highest BCUT2D eigenvalue weighted by molar-refractivity contribution is 6.32. The fourth-order valence-corrected chi connectivity index (χ4v) is 2.62. The topological polar surface area (TPSA) is 61.8 Å². The highest BCUT2D eigenvalue weighted by Crippen LogP contribution is 2.38. The van der Waals surface area contributed by atoms with Crippen molar-refractivity contribution >= 4 is 23.4 Å². The van der Waals surface area contributed by atoms with Gasteiger partial charge in [0.2, 0.25) is 5.78 Å². The van der Waals surface area contributed by atoms with Gasteiger partial charge in [-0.05, 0) is 43.3 Å². The van der Waals surface area contributed by atoms with Crippen LogP contribution in [0.5, 0.6) is 11.5 Å². The number of carbonyl (C=O) groups is 2. The molecule has 0 radical (unpaired) electrons. The van der Waals surface area contributed by atoms with Crippen LogP contribution < -0.4 is 9.47 Å². The Hall–Kier alpha value is -2.60.